The fourth-order valence-electron chi connectivity index (χ4n) is 1.09. The first kappa shape index (κ1) is 11.0. The predicted octanol–water partition coefficient (Wildman–Crippen LogP) is 1.36. The van der Waals surface area contributed by atoms with Crippen LogP contribution in [0.3, 0.4) is 0 Å². The molecule has 1 atom stereocenters. The summed E-state index contributed by atoms with van der Waals surface area (Å²) in [6.45, 7) is 4.75. The summed E-state index contributed by atoms with van der Waals surface area (Å²) < 4.78 is 0.918. The van der Waals surface area contributed by atoms with Gasteiger partial charge in [-0.25, -0.2) is 0 Å². The molecule has 0 aliphatic heterocycles. The molecular weight excluding hydrogens is 158 g/mol. The number of rotatable bonds is 3. The third kappa shape index (κ3) is 7.88. The molecule has 0 aliphatic rings. The molecule has 0 saturated heterocycles. The van der Waals surface area contributed by atoms with E-state index in [0.717, 1.165) is 11.0 Å². The van der Waals surface area contributed by atoms with Crippen molar-refractivity contribution in [1.29, 1.82) is 0 Å². The number of nitrogens with zero attached hydrogens (tertiary/aromatic N) is 1. The van der Waals surface area contributed by atoms with Gasteiger partial charge in [0.2, 0.25) is 0 Å². The summed E-state index contributed by atoms with van der Waals surface area (Å²) in [7, 11) is 6.41. The lowest BCUT2D eigenvalue weighted by atomic mass is 10.4. The molecule has 0 aromatic rings. The van der Waals surface area contributed by atoms with Crippen molar-refractivity contribution in [2.24, 2.45) is 0 Å². The molecule has 0 fully saturated rings. The first-order valence-electron chi connectivity index (χ1n) is 3.79. The lowest BCUT2D eigenvalue weighted by molar-refractivity contribution is -0.869. The maximum Gasteiger partial charge on any atom is 0.186 e. The second-order valence-electron chi connectivity index (χ2n) is 3.89. The van der Waals surface area contributed by atoms with Crippen LogP contribution in [0, 0.1) is 0 Å². The molecule has 66 valence electrons. The van der Waals surface area contributed by atoms with Crippen LogP contribution in [0.4, 0.5) is 0 Å². The van der Waals surface area contributed by atoms with Crippen LogP contribution in [0.5, 0.6) is 0 Å². The van der Waals surface area contributed by atoms with E-state index in [4.69, 9.17) is 0 Å². The highest BCUT2D eigenvalue weighted by Gasteiger charge is 2.15. The zero-order valence-corrected chi connectivity index (χ0v) is 8.86. The SMILES string of the molecule is CC(=O)S[C@@H](C)C[N+](C)(C)C. The fourth-order valence-corrected chi connectivity index (χ4v) is 2.18. The third-order valence-corrected chi connectivity index (χ3v) is 2.06. The standard InChI is InChI=1S/C8H18NOS/c1-7(11-8(2)10)6-9(3,4)5/h7H,6H2,1-5H3/q+1/t7-/m0/s1. The molecule has 0 N–H and O–H groups in total. The van der Waals surface area contributed by atoms with Crippen LogP contribution in [0.25, 0.3) is 0 Å². The number of carbonyl (C=O) groups is 1. The third-order valence-electron chi connectivity index (χ3n) is 1.17. The molecule has 0 heterocycles. The average Bonchev–Trinajstić information content (AvgIpc) is 1.53. The summed E-state index contributed by atoms with van der Waals surface area (Å²) in [6.07, 6.45) is 0. The first-order chi connectivity index (χ1) is 4.81. The van der Waals surface area contributed by atoms with E-state index in [2.05, 4.69) is 28.1 Å². The summed E-state index contributed by atoms with van der Waals surface area (Å²) in [5, 5.41) is 0.637. The maximum absolute atomic E-state index is 10.7. The smallest absolute Gasteiger partial charge is 0.186 e. The van der Waals surface area contributed by atoms with Crippen molar-refractivity contribution in [2.45, 2.75) is 19.1 Å². The van der Waals surface area contributed by atoms with Crippen LogP contribution in [0.1, 0.15) is 13.8 Å². The number of carbonyl (C=O) groups excluding carboxylic acids is 1. The minimum absolute atomic E-state index is 0.214. The van der Waals surface area contributed by atoms with Crippen LogP contribution in [-0.4, -0.2) is 42.5 Å². The Bertz CT molecular complexity index is 140. The lowest BCUT2D eigenvalue weighted by Gasteiger charge is -2.26. The van der Waals surface area contributed by atoms with Crippen molar-refractivity contribution >= 4 is 16.9 Å². The van der Waals surface area contributed by atoms with Crippen molar-refractivity contribution < 1.29 is 9.28 Å². The van der Waals surface area contributed by atoms with Crippen molar-refractivity contribution in [3.05, 3.63) is 0 Å². The summed E-state index contributed by atoms with van der Waals surface area (Å²) in [5.74, 6) is 0. The van der Waals surface area contributed by atoms with Gasteiger partial charge >= 0.3 is 0 Å². The van der Waals surface area contributed by atoms with Crippen LogP contribution in [0.15, 0.2) is 0 Å². The normalized spacial score (nSPS) is 14.6. The second-order valence-corrected chi connectivity index (χ2v) is 5.51. The highest BCUT2D eigenvalue weighted by Crippen LogP contribution is 2.13. The van der Waals surface area contributed by atoms with Gasteiger partial charge in [0.1, 0.15) is 0 Å². The second kappa shape index (κ2) is 4.12. The minimum atomic E-state index is 0.214. The van der Waals surface area contributed by atoms with Gasteiger partial charge in [0, 0.05) is 6.92 Å². The minimum Gasteiger partial charge on any atom is -0.330 e. The molecule has 0 aliphatic carbocycles. The molecule has 0 aromatic carbocycles. The van der Waals surface area contributed by atoms with Gasteiger partial charge in [-0.2, -0.15) is 0 Å². The molecular formula is C8H18NOS+. The van der Waals surface area contributed by atoms with Crippen LogP contribution < -0.4 is 0 Å². The Morgan fingerprint density at radius 2 is 1.91 bits per heavy atom. The monoisotopic (exact) mass is 176 g/mol. The Kier molecular flexibility index (Phi) is 4.11. The van der Waals surface area contributed by atoms with Gasteiger partial charge in [-0.3, -0.25) is 4.79 Å². The number of hydrogen-bond donors (Lipinski definition) is 0. The van der Waals surface area contributed by atoms with E-state index < -0.39 is 0 Å². The molecule has 0 bridgehead atoms. The predicted molar refractivity (Wildman–Crippen MR) is 50.6 cm³/mol. The average molecular weight is 176 g/mol. The quantitative estimate of drug-likeness (QED) is 0.604. The molecule has 0 unspecified atom stereocenters. The largest absolute Gasteiger partial charge is 0.330 e. The number of hydrogen-bond acceptors (Lipinski definition) is 2. The first-order valence-corrected chi connectivity index (χ1v) is 4.67. The van der Waals surface area contributed by atoms with Crippen LogP contribution in [0.2, 0.25) is 0 Å². The Balaban J connectivity index is 3.69. The molecule has 0 spiro atoms. The fraction of sp³-hybridized carbons (Fsp3) is 0.875. The number of thioether (sulfide) groups is 1. The van der Waals surface area contributed by atoms with E-state index in [1.165, 1.54) is 11.8 Å². The highest BCUT2D eigenvalue weighted by molar-refractivity contribution is 8.14. The zero-order chi connectivity index (χ0) is 9.07. The van der Waals surface area contributed by atoms with Gasteiger partial charge in [-0.1, -0.05) is 11.8 Å². The van der Waals surface area contributed by atoms with Crippen molar-refractivity contribution in [3.63, 3.8) is 0 Å². The van der Waals surface area contributed by atoms with E-state index in [-0.39, 0.29) is 5.12 Å². The van der Waals surface area contributed by atoms with E-state index in [9.17, 15) is 4.79 Å². The maximum atomic E-state index is 10.7. The summed E-state index contributed by atoms with van der Waals surface area (Å²) in [5.41, 5.74) is 0. The van der Waals surface area contributed by atoms with Crippen molar-refractivity contribution in [2.75, 3.05) is 27.7 Å². The molecule has 0 amide bonds. The Morgan fingerprint density at radius 1 is 1.45 bits per heavy atom. The summed E-state index contributed by atoms with van der Waals surface area (Å²) in [6, 6.07) is 0. The van der Waals surface area contributed by atoms with Crippen molar-refractivity contribution in [1.82, 2.24) is 0 Å². The van der Waals surface area contributed by atoms with Crippen LogP contribution >= 0.6 is 11.8 Å². The van der Waals surface area contributed by atoms with Gasteiger partial charge in [0.05, 0.1) is 32.9 Å². The summed E-state index contributed by atoms with van der Waals surface area (Å²) in [4.78, 5) is 10.7. The highest BCUT2D eigenvalue weighted by atomic mass is 32.2. The topological polar surface area (TPSA) is 17.1 Å². The molecule has 0 rings (SSSR count). The molecule has 2 nitrogen and oxygen atoms in total. The van der Waals surface area contributed by atoms with Gasteiger partial charge < -0.3 is 4.48 Å². The van der Waals surface area contributed by atoms with E-state index in [1.807, 2.05) is 0 Å². The van der Waals surface area contributed by atoms with Gasteiger partial charge in [0.15, 0.2) is 5.12 Å². The Labute approximate surface area is 73.5 Å². The zero-order valence-electron chi connectivity index (χ0n) is 8.05. The lowest BCUT2D eigenvalue weighted by Crippen LogP contribution is -2.39. The summed E-state index contributed by atoms with van der Waals surface area (Å²) >= 11 is 1.43. The molecule has 11 heavy (non-hydrogen) atoms. The molecule has 0 radical (unpaired) electrons. The molecule has 0 saturated carbocycles. The van der Waals surface area contributed by atoms with Gasteiger partial charge in [-0.05, 0) is 6.92 Å². The van der Waals surface area contributed by atoms with Gasteiger partial charge in [0.25, 0.3) is 0 Å². The molecule has 0 aromatic heterocycles. The number of quaternary nitrogens is 1. The van der Waals surface area contributed by atoms with E-state index in [1.54, 1.807) is 6.92 Å². The molecule has 3 heteroatoms. The Morgan fingerprint density at radius 3 is 2.18 bits per heavy atom. The Hall–Kier alpha value is -0.0200. The van der Waals surface area contributed by atoms with Gasteiger partial charge in [-0.15, -0.1) is 0 Å². The van der Waals surface area contributed by atoms with Crippen molar-refractivity contribution in [3.8, 4) is 0 Å². The van der Waals surface area contributed by atoms with E-state index in [0.29, 0.717) is 5.25 Å². The van der Waals surface area contributed by atoms with Crippen LogP contribution in [-0.2, 0) is 4.79 Å². The van der Waals surface area contributed by atoms with E-state index >= 15 is 0 Å².